The number of nitrogens with zero attached hydrogens (tertiary/aromatic N) is 2. The standard InChI is InChI=1S/C24H31FN4OS/c1-26-24(27-14-5-17-31-22-12-10-21(25)11-13-22)28-18-19-6-8-20(9-7-19)23(30)29-15-3-2-4-16-29/h6-13H,2-5,14-18H2,1H3,(H2,26,27,28). The Morgan fingerprint density at radius 2 is 1.74 bits per heavy atom. The Morgan fingerprint density at radius 1 is 1.03 bits per heavy atom. The van der Waals surface area contributed by atoms with Crippen molar-refractivity contribution < 1.29 is 9.18 Å². The van der Waals surface area contributed by atoms with Crippen molar-refractivity contribution in [2.45, 2.75) is 37.1 Å². The number of nitrogens with one attached hydrogen (secondary N) is 2. The van der Waals surface area contributed by atoms with Crippen LogP contribution in [0.4, 0.5) is 4.39 Å². The molecular formula is C24H31FN4OS. The van der Waals surface area contributed by atoms with Crippen LogP contribution in [0.5, 0.6) is 0 Å². The van der Waals surface area contributed by atoms with Crippen molar-refractivity contribution in [1.29, 1.82) is 0 Å². The number of rotatable bonds is 8. The van der Waals surface area contributed by atoms with Crippen molar-refractivity contribution in [3.05, 3.63) is 65.5 Å². The molecular weight excluding hydrogens is 411 g/mol. The van der Waals surface area contributed by atoms with E-state index in [-0.39, 0.29) is 11.7 Å². The Kier molecular flexibility index (Phi) is 9.21. The molecule has 2 aromatic rings. The quantitative estimate of drug-likeness (QED) is 0.277. The van der Waals surface area contributed by atoms with Gasteiger partial charge in [0.25, 0.3) is 5.91 Å². The minimum atomic E-state index is -0.205. The summed E-state index contributed by atoms with van der Waals surface area (Å²) >= 11 is 1.71. The third kappa shape index (κ3) is 7.58. The number of piperidine rings is 1. The second kappa shape index (κ2) is 12.3. The number of benzene rings is 2. The van der Waals surface area contributed by atoms with Gasteiger partial charge in [0.1, 0.15) is 5.82 Å². The minimum absolute atomic E-state index is 0.134. The Bertz CT molecular complexity index is 849. The first-order chi connectivity index (χ1) is 15.2. The fourth-order valence-electron chi connectivity index (χ4n) is 3.45. The van der Waals surface area contributed by atoms with Crippen LogP contribution < -0.4 is 10.6 Å². The van der Waals surface area contributed by atoms with Gasteiger partial charge in [-0.15, -0.1) is 11.8 Å². The fraction of sp³-hybridized carbons (Fsp3) is 0.417. The molecule has 1 saturated heterocycles. The second-order valence-corrected chi connectivity index (χ2v) is 8.73. The van der Waals surface area contributed by atoms with Crippen LogP contribution >= 0.6 is 11.8 Å². The van der Waals surface area contributed by atoms with Crippen LogP contribution in [0.15, 0.2) is 58.4 Å². The van der Waals surface area contributed by atoms with Gasteiger partial charge in [-0.1, -0.05) is 12.1 Å². The monoisotopic (exact) mass is 442 g/mol. The maximum Gasteiger partial charge on any atom is 0.253 e. The number of amides is 1. The fourth-order valence-corrected chi connectivity index (χ4v) is 4.30. The average Bonchev–Trinajstić information content (AvgIpc) is 2.82. The molecule has 0 bridgehead atoms. The maximum absolute atomic E-state index is 12.9. The molecule has 1 aliphatic heterocycles. The van der Waals surface area contributed by atoms with Crippen LogP contribution in [0.1, 0.15) is 41.6 Å². The summed E-state index contributed by atoms with van der Waals surface area (Å²) in [6.45, 7) is 3.18. The molecule has 0 radical (unpaired) electrons. The van der Waals surface area contributed by atoms with Gasteiger partial charge in [0.2, 0.25) is 0 Å². The second-order valence-electron chi connectivity index (χ2n) is 7.56. The van der Waals surface area contributed by atoms with E-state index in [0.29, 0.717) is 6.54 Å². The number of carbonyl (C=O) groups excluding carboxylic acids is 1. The molecule has 0 aliphatic carbocycles. The molecule has 2 aromatic carbocycles. The van der Waals surface area contributed by atoms with E-state index in [1.54, 1.807) is 30.9 Å². The van der Waals surface area contributed by atoms with Crippen molar-refractivity contribution in [3.8, 4) is 0 Å². The summed E-state index contributed by atoms with van der Waals surface area (Å²) in [7, 11) is 1.75. The third-order valence-electron chi connectivity index (χ3n) is 5.22. The Balaban J connectivity index is 1.36. The highest BCUT2D eigenvalue weighted by atomic mass is 32.2. The van der Waals surface area contributed by atoms with E-state index in [9.17, 15) is 9.18 Å². The molecule has 0 saturated carbocycles. The van der Waals surface area contributed by atoms with Crippen molar-refractivity contribution in [2.75, 3.05) is 32.4 Å². The molecule has 1 aliphatic rings. The summed E-state index contributed by atoms with van der Waals surface area (Å²) in [6.07, 6.45) is 4.39. The molecule has 0 aromatic heterocycles. The molecule has 0 atom stereocenters. The number of hydrogen-bond donors (Lipinski definition) is 2. The number of hydrogen-bond acceptors (Lipinski definition) is 3. The van der Waals surface area contributed by atoms with E-state index in [0.717, 1.165) is 66.6 Å². The smallest absolute Gasteiger partial charge is 0.253 e. The van der Waals surface area contributed by atoms with Crippen LogP contribution in [-0.2, 0) is 6.54 Å². The average molecular weight is 443 g/mol. The van der Waals surface area contributed by atoms with Gasteiger partial charge in [-0.2, -0.15) is 0 Å². The highest BCUT2D eigenvalue weighted by Gasteiger charge is 2.17. The van der Waals surface area contributed by atoms with Gasteiger partial charge >= 0.3 is 0 Å². The molecule has 7 heteroatoms. The van der Waals surface area contributed by atoms with Crippen molar-refractivity contribution in [1.82, 2.24) is 15.5 Å². The zero-order valence-corrected chi connectivity index (χ0v) is 18.9. The summed E-state index contributed by atoms with van der Waals surface area (Å²) in [5, 5.41) is 6.62. The van der Waals surface area contributed by atoms with Crippen LogP contribution in [0, 0.1) is 5.82 Å². The van der Waals surface area contributed by atoms with Crippen molar-refractivity contribution in [3.63, 3.8) is 0 Å². The van der Waals surface area contributed by atoms with Gasteiger partial charge in [0, 0.05) is 43.7 Å². The summed E-state index contributed by atoms with van der Waals surface area (Å²) in [6, 6.07) is 14.4. The van der Waals surface area contributed by atoms with Crippen molar-refractivity contribution in [2.24, 2.45) is 4.99 Å². The number of thioether (sulfide) groups is 1. The largest absolute Gasteiger partial charge is 0.356 e. The van der Waals surface area contributed by atoms with E-state index in [1.807, 2.05) is 29.2 Å². The Labute approximate surface area is 188 Å². The molecule has 0 spiro atoms. The van der Waals surface area contributed by atoms with E-state index in [2.05, 4.69) is 15.6 Å². The van der Waals surface area contributed by atoms with Gasteiger partial charge in [0.15, 0.2) is 5.96 Å². The van der Waals surface area contributed by atoms with Gasteiger partial charge < -0.3 is 15.5 Å². The lowest BCUT2D eigenvalue weighted by atomic mass is 10.1. The molecule has 2 N–H and O–H groups in total. The summed E-state index contributed by atoms with van der Waals surface area (Å²) < 4.78 is 12.9. The van der Waals surface area contributed by atoms with Gasteiger partial charge in [-0.05, 0) is 73.4 Å². The number of halogens is 1. The van der Waals surface area contributed by atoms with E-state index < -0.39 is 0 Å². The molecule has 166 valence electrons. The topological polar surface area (TPSA) is 56.7 Å². The lowest BCUT2D eigenvalue weighted by molar-refractivity contribution is 0.0724. The lowest BCUT2D eigenvalue weighted by Crippen LogP contribution is -2.37. The number of likely N-dealkylation sites (tertiary alicyclic amines) is 1. The first-order valence-corrected chi connectivity index (χ1v) is 11.9. The molecule has 31 heavy (non-hydrogen) atoms. The number of guanidine groups is 1. The normalized spacial score (nSPS) is 14.4. The van der Waals surface area contributed by atoms with Gasteiger partial charge in [-0.3, -0.25) is 9.79 Å². The molecule has 1 fully saturated rings. The minimum Gasteiger partial charge on any atom is -0.356 e. The zero-order chi connectivity index (χ0) is 21.9. The maximum atomic E-state index is 12.9. The van der Waals surface area contributed by atoms with E-state index >= 15 is 0 Å². The van der Waals surface area contributed by atoms with Crippen LogP contribution in [0.25, 0.3) is 0 Å². The van der Waals surface area contributed by atoms with Crippen LogP contribution in [0.2, 0.25) is 0 Å². The van der Waals surface area contributed by atoms with Gasteiger partial charge in [-0.25, -0.2) is 4.39 Å². The SMILES string of the molecule is CN=C(NCCCSc1ccc(F)cc1)NCc1ccc(C(=O)N2CCCCC2)cc1. The first kappa shape index (κ1) is 23.1. The molecule has 1 heterocycles. The van der Waals surface area contributed by atoms with Crippen LogP contribution in [-0.4, -0.2) is 49.2 Å². The molecule has 5 nitrogen and oxygen atoms in total. The van der Waals surface area contributed by atoms with Crippen molar-refractivity contribution >= 4 is 23.6 Å². The summed E-state index contributed by atoms with van der Waals surface area (Å²) in [4.78, 5) is 19.9. The Morgan fingerprint density at radius 3 is 2.42 bits per heavy atom. The highest BCUT2D eigenvalue weighted by Crippen LogP contribution is 2.18. The predicted octanol–water partition coefficient (Wildman–Crippen LogP) is 4.30. The molecule has 1 amide bonds. The molecule has 0 unspecified atom stereocenters. The first-order valence-electron chi connectivity index (χ1n) is 10.9. The predicted molar refractivity (Wildman–Crippen MR) is 126 cm³/mol. The van der Waals surface area contributed by atoms with Crippen LogP contribution in [0.3, 0.4) is 0 Å². The number of aliphatic imine (C=N–C) groups is 1. The summed E-state index contributed by atoms with van der Waals surface area (Å²) in [5.74, 6) is 1.63. The number of carbonyl (C=O) groups is 1. The lowest BCUT2D eigenvalue weighted by Gasteiger charge is -2.26. The third-order valence-corrected chi connectivity index (χ3v) is 6.32. The van der Waals surface area contributed by atoms with Gasteiger partial charge in [0.05, 0.1) is 0 Å². The summed E-state index contributed by atoms with van der Waals surface area (Å²) in [5.41, 5.74) is 1.86. The zero-order valence-electron chi connectivity index (χ0n) is 18.1. The van der Waals surface area contributed by atoms with E-state index in [1.165, 1.54) is 18.6 Å². The highest BCUT2D eigenvalue weighted by molar-refractivity contribution is 7.99. The molecule has 3 rings (SSSR count). The Hall–Kier alpha value is -2.54. The van der Waals surface area contributed by atoms with E-state index in [4.69, 9.17) is 0 Å².